The molecule has 0 aliphatic heterocycles. The second kappa shape index (κ2) is 5.87. The first kappa shape index (κ1) is 12.3. The molecule has 0 bridgehead atoms. The van der Waals surface area contributed by atoms with Crippen LogP contribution in [0.2, 0.25) is 0 Å². The molecule has 1 rings (SSSR count). The van der Waals surface area contributed by atoms with Gasteiger partial charge < -0.3 is 12.6 Å². The smallest absolute Gasteiger partial charge is 0.533 e. The summed E-state index contributed by atoms with van der Waals surface area (Å²) < 4.78 is 24.6. The molecule has 0 aromatic heterocycles. The van der Waals surface area contributed by atoms with Gasteiger partial charge in [0.15, 0.2) is 0 Å². The second-order valence-electron chi connectivity index (χ2n) is 2.06. The number of hydrogen-bond acceptors (Lipinski definition) is 4. The number of rotatable bonds is 3. The zero-order valence-electron chi connectivity index (χ0n) is 7.23. The molecule has 0 aliphatic rings. The van der Waals surface area contributed by atoms with Gasteiger partial charge in [0.25, 0.3) is 0 Å². The summed E-state index contributed by atoms with van der Waals surface area (Å²) in [6.45, 7) is 3.56. The van der Waals surface area contributed by atoms with Crippen LogP contribution < -0.4 is 23.0 Å². The Hall–Kier alpha value is -0.693. The van der Waals surface area contributed by atoms with Crippen LogP contribution in [0.3, 0.4) is 0 Å². The van der Waals surface area contributed by atoms with Crippen LogP contribution in [0.1, 0.15) is 5.56 Å². The summed E-state index contributed by atoms with van der Waals surface area (Å²) in [5, 5.41) is 0. The molecule has 0 fully saturated rings. The average Bonchev–Trinajstić information content (AvgIpc) is 2.05. The van der Waals surface area contributed by atoms with Gasteiger partial charge in [-0.05, 0) is 17.7 Å². The van der Waals surface area contributed by atoms with Crippen LogP contribution in [0, 0.1) is 0 Å². The molecule has 0 saturated carbocycles. The van der Waals surface area contributed by atoms with Crippen LogP contribution in [0.25, 0.3) is 6.08 Å². The monoisotopic (exact) mass is 190 g/mol. The SMILES string of the molecule is C=Cc1ccc(O[S-](=O)=O)cc1.[Li+]. The molecular weight excluding hydrogens is 183 g/mol. The van der Waals surface area contributed by atoms with Crippen molar-refractivity contribution in [2.75, 3.05) is 0 Å². The molecular formula is C8H7LiO3S. The van der Waals surface area contributed by atoms with Gasteiger partial charge in [0, 0.05) is 0 Å². The van der Waals surface area contributed by atoms with Crippen molar-refractivity contribution >= 4 is 17.1 Å². The molecule has 0 saturated heterocycles. The molecule has 0 heterocycles. The Bertz CT molecular complexity index is 335. The van der Waals surface area contributed by atoms with Gasteiger partial charge in [0.05, 0.1) is 0 Å². The molecule has 0 unspecified atom stereocenters. The number of hydrogen-bond donors (Lipinski definition) is 0. The maximum Gasteiger partial charge on any atom is 1.00 e. The predicted octanol–water partition coefficient (Wildman–Crippen LogP) is -1.06. The minimum Gasteiger partial charge on any atom is -0.533 e. The summed E-state index contributed by atoms with van der Waals surface area (Å²) >= 11 is 0. The van der Waals surface area contributed by atoms with Crippen molar-refractivity contribution in [1.29, 1.82) is 0 Å². The van der Waals surface area contributed by atoms with E-state index < -0.39 is 11.0 Å². The fourth-order valence-electron chi connectivity index (χ4n) is 0.738. The Kier molecular flexibility index (Phi) is 5.56. The van der Waals surface area contributed by atoms with E-state index in [1.807, 2.05) is 0 Å². The first-order valence-electron chi connectivity index (χ1n) is 3.22. The summed E-state index contributed by atoms with van der Waals surface area (Å²) in [5.41, 5.74) is 0.916. The van der Waals surface area contributed by atoms with Crippen LogP contribution in [0.5, 0.6) is 5.75 Å². The molecule has 0 radical (unpaired) electrons. The Labute approximate surface area is 90.7 Å². The van der Waals surface area contributed by atoms with Gasteiger partial charge in [-0.15, -0.1) is 0 Å². The summed E-state index contributed by atoms with van der Waals surface area (Å²) in [7, 11) is -2.50. The van der Waals surface area contributed by atoms with E-state index in [0.29, 0.717) is 5.75 Å². The molecule has 3 nitrogen and oxygen atoms in total. The first-order chi connectivity index (χ1) is 5.72. The van der Waals surface area contributed by atoms with Gasteiger partial charge in [0.1, 0.15) is 16.7 Å². The third-order valence-corrected chi connectivity index (χ3v) is 1.61. The van der Waals surface area contributed by atoms with Gasteiger partial charge in [0.2, 0.25) is 0 Å². The van der Waals surface area contributed by atoms with Crippen LogP contribution in [-0.4, -0.2) is 0 Å². The fourth-order valence-corrected chi connectivity index (χ4v) is 1.01. The van der Waals surface area contributed by atoms with Gasteiger partial charge in [-0.2, -0.15) is 0 Å². The van der Waals surface area contributed by atoms with Crippen LogP contribution in [0.4, 0.5) is 0 Å². The molecule has 0 spiro atoms. The van der Waals surface area contributed by atoms with E-state index in [1.54, 1.807) is 30.3 Å². The molecule has 5 heteroatoms. The van der Waals surface area contributed by atoms with E-state index in [1.165, 1.54) is 0 Å². The van der Waals surface area contributed by atoms with Crippen LogP contribution in [0.15, 0.2) is 30.8 Å². The Morgan fingerprint density at radius 1 is 1.23 bits per heavy atom. The molecule has 1 aromatic carbocycles. The van der Waals surface area contributed by atoms with Crippen molar-refractivity contribution in [3.8, 4) is 5.75 Å². The van der Waals surface area contributed by atoms with Crippen LogP contribution >= 0.6 is 0 Å². The van der Waals surface area contributed by atoms with Crippen molar-refractivity contribution in [3.63, 3.8) is 0 Å². The summed E-state index contributed by atoms with van der Waals surface area (Å²) in [4.78, 5) is 0. The Balaban J connectivity index is 0.00000144. The standard InChI is InChI=1S/C8H7O3S.Li/c1-2-7-3-5-8(6-4-7)11-12(9)10;/h2-6H,1H2;/q-1;+1. The van der Waals surface area contributed by atoms with E-state index >= 15 is 0 Å². The van der Waals surface area contributed by atoms with Crippen molar-refractivity contribution in [3.05, 3.63) is 36.4 Å². The van der Waals surface area contributed by atoms with E-state index in [0.717, 1.165) is 5.56 Å². The molecule has 0 amide bonds. The zero-order chi connectivity index (χ0) is 8.97. The second-order valence-corrected chi connectivity index (χ2v) is 2.64. The largest absolute Gasteiger partial charge is 1.00 e. The summed E-state index contributed by atoms with van der Waals surface area (Å²) in [6, 6.07) is 6.56. The first-order valence-corrected chi connectivity index (χ1v) is 4.22. The minimum absolute atomic E-state index is 0. The third-order valence-electron chi connectivity index (χ3n) is 1.28. The van der Waals surface area contributed by atoms with Crippen molar-refractivity contribution in [2.24, 2.45) is 0 Å². The summed E-state index contributed by atoms with van der Waals surface area (Å²) in [6.07, 6.45) is 1.66. The van der Waals surface area contributed by atoms with Crippen molar-refractivity contribution in [2.45, 2.75) is 0 Å². The zero-order valence-corrected chi connectivity index (χ0v) is 8.04. The van der Waals surface area contributed by atoms with Crippen molar-refractivity contribution < 1.29 is 31.5 Å². The topological polar surface area (TPSA) is 43.4 Å². The molecule has 0 N–H and O–H groups in total. The summed E-state index contributed by atoms with van der Waals surface area (Å²) in [5.74, 6) is 0.300. The Morgan fingerprint density at radius 2 is 1.77 bits per heavy atom. The van der Waals surface area contributed by atoms with E-state index in [9.17, 15) is 8.42 Å². The molecule has 0 aliphatic carbocycles. The van der Waals surface area contributed by atoms with Gasteiger partial charge >= 0.3 is 18.9 Å². The van der Waals surface area contributed by atoms with Gasteiger partial charge in [-0.3, -0.25) is 0 Å². The third kappa shape index (κ3) is 4.18. The van der Waals surface area contributed by atoms with Crippen molar-refractivity contribution in [1.82, 2.24) is 0 Å². The number of benzene rings is 1. The van der Waals surface area contributed by atoms with E-state index in [4.69, 9.17) is 0 Å². The van der Waals surface area contributed by atoms with Gasteiger partial charge in [-0.1, -0.05) is 24.8 Å². The molecule has 64 valence electrons. The molecule has 13 heavy (non-hydrogen) atoms. The molecule has 1 aromatic rings. The van der Waals surface area contributed by atoms with Gasteiger partial charge in [-0.25, -0.2) is 0 Å². The quantitative estimate of drug-likeness (QED) is 0.450. The normalized spacial score (nSPS) is 9.00. The maximum absolute atomic E-state index is 10.1. The average molecular weight is 190 g/mol. The predicted molar refractivity (Wildman–Crippen MR) is 45.9 cm³/mol. The Morgan fingerprint density at radius 3 is 2.15 bits per heavy atom. The van der Waals surface area contributed by atoms with E-state index in [2.05, 4.69) is 10.8 Å². The van der Waals surface area contributed by atoms with Crippen LogP contribution in [-0.2, 0) is 19.4 Å². The maximum atomic E-state index is 10.1. The van der Waals surface area contributed by atoms with E-state index in [-0.39, 0.29) is 18.9 Å². The molecule has 0 atom stereocenters. The fraction of sp³-hybridized carbons (Fsp3) is 0. The minimum atomic E-state index is -2.50.